The predicted octanol–water partition coefficient (Wildman–Crippen LogP) is 6.79. The fraction of sp³-hybridized carbons (Fsp3) is 0.0435. The topological polar surface area (TPSA) is 47.9 Å². The summed E-state index contributed by atoms with van der Waals surface area (Å²) in [5.41, 5.74) is 3.39. The molecule has 1 aliphatic heterocycles. The third-order valence-electron chi connectivity index (χ3n) is 4.40. The Kier molecular flexibility index (Phi) is 6.37. The van der Waals surface area contributed by atoms with Gasteiger partial charge in [-0.1, -0.05) is 65.3 Å². The second-order valence-electron chi connectivity index (χ2n) is 6.44. The smallest absolute Gasteiger partial charge is 0.368 e. The Labute approximate surface area is 195 Å². The van der Waals surface area contributed by atoms with E-state index in [1.807, 2.05) is 66.7 Å². The van der Waals surface area contributed by atoms with Gasteiger partial charge in [0.15, 0.2) is 0 Å². The molecule has 150 valence electrons. The van der Waals surface area contributed by atoms with Gasteiger partial charge in [-0.2, -0.15) is 0 Å². The van der Waals surface area contributed by atoms with Crippen molar-refractivity contribution in [2.45, 2.75) is 6.61 Å². The Morgan fingerprint density at radius 1 is 1.00 bits per heavy atom. The molecule has 7 heteroatoms. The van der Waals surface area contributed by atoms with Gasteiger partial charge in [-0.25, -0.2) is 4.79 Å². The van der Waals surface area contributed by atoms with Crippen molar-refractivity contribution < 1.29 is 14.4 Å². The lowest BCUT2D eigenvalue weighted by atomic mass is 10.0. The van der Waals surface area contributed by atoms with E-state index in [0.717, 1.165) is 25.6 Å². The molecule has 4 nitrogen and oxygen atoms in total. The molecule has 0 saturated carbocycles. The van der Waals surface area contributed by atoms with Gasteiger partial charge in [0.25, 0.3) is 0 Å². The van der Waals surface area contributed by atoms with E-state index >= 15 is 0 Å². The van der Waals surface area contributed by atoms with Gasteiger partial charge in [0.05, 0.1) is 14.5 Å². The number of halogens is 3. The summed E-state index contributed by atoms with van der Waals surface area (Å²) < 4.78 is 7.43. The van der Waals surface area contributed by atoms with Gasteiger partial charge in [-0.05, 0) is 61.7 Å². The molecule has 0 saturated heterocycles. The summed E-state index contributed by atoms with van der Waals surface area (Å²) in [7, 11) is 0. The van der Waals surface area contributed by atoms with Crippen LogP contribution in [0, 0.1) is 0 Å². The van der Waals surface area contributed by atoms with Crippen molar-refractivity contribution in [1.82, 2.24) is 0 Å². The highest BCUT2D eigenvalue weighted by molar-refractivity contribution is 9.11. The van der Waals surface area contributed by atoms with Crippen LogP contribution >= 0.6 is 43.5 Å². The van der Waals surface area contributed by atoms with Crippen LogP contribution < -0.4 is 4.74 Å². The number of benzene rings is 3. The van der Waals surface area contributed by atoms with Gasteiger partial charge in [-0.15, -0.1) is 0 Å². The van der Waals surface area contributed by atoms with Gasteiger partial charge in [0.1, 0.15) is 18.1 Å². The Morgan fingerprint density at radius 2 is 1.67 bits per heavy atom. The summed E-state index contributed by atoms with van der Waals surface area (Å²) in [6.45, 7) is 0.328. The first-order valence-corrected chi connectivity index (χ1v) is 10.9. The van der Waals surface area contributed by atoms with Crippen LogP contribution in [0.5, 0.6) is 5.75 Å². The number of ether oxygens (including phenoxy) is 1. The van der Waals surface area contributed by atoms with Crippen LogP contribution in [0.3, 0.4) is 0 Å². The van der Waals surface area contributed by atoms with Crippen molar-refractivity contribution in [1.29, 1.82) is 0 Å². The summed E-state index contributed by atoms with van der Waals surface area (Å²) in [6, 6.07) is 20.7. The van der Waals surface area contributed by atoms with Crippen molar-refractivity contribution >= 4 is 61.2 Å². The molecule has 0 spiro atoms. The lowest BCUT2D eigenvalue weighted by molar-refractivity contribution is -0.136. The minimum Gasteiger partial charge on any atom is -0.486 e. The van der Waals surface area contributed by atoms with E-state index < -0.39 is 5.97 Å². The maximum atomic E-state index is 12.2. The minimum atomic E-state index is -0.486. The highest BCUT2D eigenvalue weighted by Crippen LogP contribution is 2.36. The van der Waals surface area contributed by atoms with Gasteiger partial charge < -0.3 is 9.57 Å². The molecule has 0 aliphatic carbocycles. The largest absolute Gasteiger partial charge is 0.486 e. The fourth-order valence-electron chi connectivity index (χ4n) is 2.95. The van der Waals surface area contributed by atoms with Gasteiger partial charge in [-0.3, -0.25) is 0 Å². The molecular weight excluding hydrogens is 534 g/mol. The average Bonchev–Trinajstić information content (AvgIpc) is 3.09. The van der Waals surface area contributed by atoms with Crippen LogP contribution in [0.2, 0.25) is 5.02 Å². The van der Waals surface area contributed by atoms with Gasteiger partial charge in [0, 0.05) is 16.1 Å². The van der Waals surface area contributed by atoms with Crippen LogP contribution in [-0.4, -0.2) is 11.7 Å². The second kappa shape index (κ2) is 9.16. The maximum Gasteiger partial charge on any atom is 0.368 e. The van der Waals surface area contributed by atoms with Crippen LogP contribution in [0.25, 0.3) is 6.08 Å². The van der Waals surface area contributed by atoms with Crippen LogP contribution in [0.4, 0.5) is 0 Å². The zero-order valence-electron chi connectivity index (χ0n) is 15.4. The first kappa shape index (κ1) is 20.8. The molecule has 0 amide bonds. The third-order valence-corrected chi connectivity index (χ3v) is 5.95. The number of rotatable bonds is 5. The normalized spacial score (nSPS) is 14.6. The van der Waals surface area contributed by atoms with Crippen molar-refractivity contribution in [2.75, 3.05) is 0 Å². The lowest BCUT2D eigenvalue weighted by Gasteiger charge is -2.12. The molecule has 30 heavy (non-hydrogen) atoms. The van der Waals surface area contributed by atoms with Crippen LogP contribution in [-0.2, 0) is 16.2 Å². The summed E-state index contributed by atoms with van der Waals surface area (Å²) in [5, 5.41) is 4.59. The number of carbonyl (C=O) groups excluding carboxylic acids is 1. The highest BCUT2D eigenvalue weighted by Gasteiger charge is 2.26. The Morgan fingerprint density at radius 3 is 2.37 bits per heavy atom. The molecule has 3 aromatic rings. The molecule has 0 unspecified atom stereocenters. The zero-order chi connectivity index (χ0) is 21.1. The molecule has 0 aromatic heterocycles. The number of hydrogen-bond acceptors (Lipinski definition) is 4. The molecule has 1 heterocycles. The Balaban J connectivity index is 1.60. The maximum absolute atomic E-state index is 12.2. The number of hydrogen-bond donors (Lipinski definition) is 0. The fourth-order valence-corrected chi connectivity index (χ4v) is 4.59. The van der Waals surface area contributed by atoms with Crippen molar-refractivity contribution in [3.8, 4) is 5.75 Å². The van der Waals surface area contributed by atoms with Crippen molar-refractivity contribution in [3.63, 3.8) is 0 Å². The van der Waals surface area contributed by atoms with Crippen molar-refractivity contribution in [3.05, 3.63) is 103 Å². The van der Waals surface area contributed by atoms with E-state index in [4.69, 9.17) is 21.2 Å². The molecule has 0 bridgehead atoms. The SMILES string of the molecule is O=C1ON=C(c2ccccc2)/C1=C/c1cc(Br)c(OCc2ccccc2Cl)c(Br)c1. The average molecular weight is 548 g/mol. The summed E-state index contributed by atoms with van der Waals surface area (Å²) >= 11 is 13.3. The van der Waals surface area contributed by atoms with Crippen LogP contribution in [0.1, 0.15) is 16.7 Å². The standard InChI is InChI=1S/C23H14Br2ClNO3/c24-18-11-14(10-17-21(27-30-23(17)28)15-6-2-1-3-7-15)12-19(25)22(18)29-13-16-8-4-5-9-20(16)26/h1-12H,13H2/b17-10-. The first-order chi connectivity index (χ1) is 14.5. The summed E-state index contributed by atoms with van der Waals surface area (Å²) in [4.78, 5) is 17.1. The molecule has 4 rings (SSSR count). The van der Waals surface area contributed by atoms with Gasteiger partial charge in [0.2, 0.25) is 0 Å². The number of nitrogens with zero attached hydrogens (tertiary/aromatic N) is 1. The molecular formula is C23H14Br2ClNO3. The minimum absolute atomic E-state index is 0.328. The molecule has 0 atom stereocenters. The molecule has 0 fully saturated rings. The van der Waals surface area contributed by atoms with Crippen LogP contribution in [0.15, 0.2) is 86.4 Å². The Bertz CT molecular complexity index is 1150. The molecule has 0 radical (unpaired) electrons. The van der Waals surface area contributed by atoms with E-state index in [9.17, 15) is 4.79 Å². The number of oxime groups is 1. The number of carbonyl (C=O) groups is 1. The predicted molar refractivity (Wildman–Crippen MR) is 125 cm³/mol. The quantitative estimate of drug-likeness (QED) is 0.261. The molecule has 1 aliphatic rings. The summed E-state index contributed by atoms with van der Waals surface area (Å²) in [6.07, 6.45) is 1.74. The lowest BCUT2D eigenvalue weighted by Crippen LogP contribution is -2.06. The van der Waals surface area contributed by atoms with E-state index in [-0.39, 0.29) is 0 Å². The summed E-state index contributed by atoms with van der Waals surface area (Å²) in [5.74, 6) is 0.156. The first-order valence-electron chi connectivity index (χ1n) is 8.95. The zero-order valence-corrected chi connectivity index (χ0v) is 19.4. The molecule has 3 aromatic carbocycles. The van der Waals surface area contributed by atoms with E-state index in [0.29, 0.717) is 28.7 Å². The van der Waals surface area contributed by atoms with Crippen molar-refractivity contribution in [2.24, 2.45) is 5.16 Å². The highest BCUT2D eigenvalue weighted by atomic mass is 79.9. The second-order valence-corrected chi connectivity index (χ2v) is 8.55. The van der Waals surface area contributed by atoms with E-state index in [1.54, 1.807) is 6.08 Å². The van der Waals surface area contributed by atoms with Gasteiger partial charge >= 0.3 is 5.97 Å². The monoisotopic (exact) mass is 545 g/mol. The van der Waals surface area contributed by atoms with E-state index in [2.05, 4.69) is 37.0 Å². The third kappa shape index (κ3) is 4.51. The molecule has 0 N–H and O–H groups in total. The van der Waals surface area contributed by atoms with E-state index in [1.165, 1.54) is 0 Å². The Hall–Kier alpha value is -2.41.